The Hall–Kier alpha value is -2.40. The van der Waals surface area contributed by atoms with E-state index in [9.17, 15) is 4.79 Å². The molecule has 1 aliphatic heterocycles. The van der Waals surface area contributed by atoms with Gasteiger partial charge in [0.25, 0.3) is 0 Å². The fourth-order valence-electron chi connectivity index (χ4n) is 2.11. The molecule has 0 unspecified atom stereocenters. The second-order valence-corrected chi connectivity index (χ2v) is 5.02. The molecule has 0 spiro atoms. The summed E-state index contributed by atoms with van der Waals surface area (Å²) in [5, 5.41) is 3.73. The van der Waals surface area contributed by atoms with Crippen molar-refractivity contribution in [1.29, 1.82) is 0 Å². The van der Waals surface area contributed by atoms with E-state index in [0.29, 0.717) is 28.6 Å². The normalized spacial score (nSPS) is 12.2. The van der Waals surface area contributed by atoms with Gasteiger partial charge in [-0.15, -0.1) is 0 Å². The van der Waals surface area contributed by atoms with Gasteiger partial charge in [-0.3, -0.25) is 4.79 Å². The number of amides is 1. The van der Waals surface area contributed by atoms with Gasteiger partial charge in [0.05, 0.1) is 5.02 Å². The lowest BCUT2D eigenvalue weighted by Gasteiger charge is -2.09. The second kappa shape index (κ2) is 5.54. The first-order chi connectivity index (χ1) is 10.1. The van der Waals surface area contributed by atoms with Gasteiger partial charge in [-0.05, 0) is 35.9 Å². The Morgan fingerprint density at radius 2 is 2.14 bits per heavy atom. The molecule has 3 N–H and O–H groups in total. The van der Waals surface area contributed by atoms with Gasteiger partial charge in [-0.25, -0.2) is 0 Å². The molecule has 2 aromatic rings. The molecule has 0 aromatic heterocycles. The Labute approximate surface area is 126 Å². The molecule has 3 rings (SSSR count). The van der Waals surface area contributed by atoms with Gasteiger partial charge in [-0.1, -0.05) is 17.7 Å². The number of rotatable bonds is 4. The number of primary amides is 1. The number of carbonyl (C=O) groups excluding carboxylic acids is 1. The SMILES string of the molecule is NC(=O)c1cccc(NCc2cc(Cl)c3c(c2)OCO3)c1. The maximum atomic E-state index is 11.1. The van der Waals surface area contributed by atoms with Crippen molar-refractivity contribution < 1.29 is 14.3 Å². The van der Waals surface area contributed by atoms with Crippen molar-refractivity contribution in [3.8, 4) is 11.5 Å². The van der Waals surface area contributed by atoms with Crippen LogP contribution in [-0.4, -0.2) is 12.7 Å². The Bertz CT molecular complexity index is 703. The van der Waals surface area contributed by atoms with Crippen LogP contribution in [0.25, 0.3) is 0 Å². The van der Waals surface area contributed by atoms with Crippen LogP contribution in [0.2, 0.25) is 5.02 Å². The zero-order chi connectivity index (χ0) is 14.8. The number of fused-ring (bicyclic) bond motifs is 1. The second-order valence-electron chi connectivity index (χ2n) is 4.61. The van der Waals surface area contributed by atoms with Crippen molar-refractivity contribution in [1.82, 2.24) is 0 Å². The monoisotopic (exact) mass is 304 g/mol. The van der Waals surface area contributed by atoms with E-state index in [4.69, 9.17) is 26.8 Å². The number of benzene rings is 2. The van der Waals surface area contributed by atoms with Crippen molar-refractivity contribution in [2.45, 2.75) is 6.54 Å². The minimum Gasteiger partial charge on any atom is -0.454 e. The third-order valence-electron chi connectivity index (χ3n) is 3.13. The van der Waals surface area contributed by atoms with Crippen molar-refractivity contribution in [3.05, 3.63) is 52.5 Å². The summed E-state index contributed by atoms with van der Waals surface area (Å²) in [6.45, 7) is 0.727. The standard InChI is InChI=1S/C15H13ClN2O3/c16-12-4-9(5-13-14(12)21-8-20-13)7-18-11-3-1-2-10(6-11)15(17)19/h1-6,18H,7-8H2,(H2,17,19). The highest BCUT2D eigenvalue weighted by molar-refractivity contribution is 6.32. The van der Waals surface area contributed by atoms with Crippen LogP contribution in [-0.2, 0) is 6.54 Å². The van der Waals surface area contributed by atoms with Gasteiger partial charge < -0.3 is 20.5 Å². The fraction of sp³-hybridized carbons (Fsp3) is 0.133. The number of hydrogen-bond acceptors (Lipinski definition) is 4. The Balaban J connectivity index is 1.75. The summed E-state index contributed by atoms with van der Waals surface area (Å²) in [5.74, 6) is 0.770. The summed E-state index contributed by atoms with van der Waals surface area (Å²) in [7, 11) is 0. The molecular weight excluding hydrogens is 292 g/mol. The highest BCUT2D eigenvalue weighted by Gasteiger charge is 2.18. The van der Waals surface area contributed by atoms with E-state index < -0.39 is 5.91 Å². The molecule has 0 saturated heterocycles. The average molecular weight is 305 g/mol. The summed E-state index contributed by atoms with van der Waals surface area (Å²) in [6, 6.07) is 10.7. The van der Waals surface area contributed by atoms with Gasteiger partial charge in [0.2, 0.25) is 12.7 Å². The first-order valence-corrected chi connectivity index (χ1v) is 6.73. The van der Waals surface area contributed by atoms with Gasteiger partial charge in [0.1, 0.15) is 0 Å². The number of halogens is 1. The van der Waals surface area contributed by atoms with E-state index in [-0.39, 0.29) is 6.79 Å². The molecule has 6 heteroatoms. The molecular formula is C15H13ClN2O3. The lowest BCUT2D eigenvalue weighted by molar-refractivity contribution is 0.100. The summed E-state index contributed by atoms with van der Waals surface area (Å²) in [4.78, 5) is 11.1. The van der Waals surface area contributed by atoms with Gasteiger partial charge in [0.15, 0.2) is 11.5 Å². The zero-order valence-corrected chi connectivity index (χ0v) is 11.8. The molecule has 2 aromatic carbocycles. The highest BCUT2D eigenvalue weighted by atomic mass is 35.5. The number of hydrogen-bond donors (Lipinski definition) is 2. The van der Waals surface area contributed by atoms with Crippen molar-refractivity contribution in [2.75, 3.05) is 12.1 Å². The molecule has 1 amide bonds. The van der Waals surface area contributed by atoms with Crippen LogP contribution >= 0.6 is 11.6 Å². The van der Waals surface area contributed by atoms with E-state index in [1.165, 1.54) is 0 Å². The molecule has 0 aliphatic carbocycles. The predicted molar refractivity (Wildman–Crippen MR) is 79.9 cm³/mol. The van der Waals surface area contributed by atoms with Crippen molar-refractivity contribution >= 4 is 23.2 Å². The summed E-state index contributed by atoms with van der Waals surface area (Å²) in [5.41, 5.74) is 7.48. The van der Waals surface area contributed by atoms with Crippen LogP contribution < -0.4 is 20.5 Å². The quantitative estimate of drug-likeness (QED) is 0.911. The van der Waals surface area contributed by atoms with Gasteiger partial charge in [-0.2, -0.15) is 0 Å². The molecule has 21 heavy (non-hydrogen) atoms. The third-order valence-corrected chi connectivity index (χ3v) is 3.41. The summed E-state index contributed by atoms with van der Waals surface area (Å²) < 4.78 is 10.6. The van der Waals surface area contributed by atoms with Crippen LogP contribution in [0.1, 0.15) is 15.9 Å². The first kappa shape index (κ1) is 13.6. The lowest BCUT2D eigenvalue weighted by atomic mass is 10.1. The van der Waals surface area contributed by atoms with E-state index in [0.717, 1.165) is 11.3 Å². The minimum absolute atomic E-state index is 0.187. The van der Waals surface area contributed by atoms with E-state index in [2.05, 4.69) is 5.32 Å². The number of ether oxygens (including phenoxy) is 2. The first-order valence-electron chi connectivity index (χ1n) is 6.35. The van der Waals surface area contributed by atoms with Crippen LogP contribution in [0, 0.1) is 0 Å². The number of anilines is 1. The topological polar surface area (TPSA) is 73.6 Å². The Morgan fingerprint density at radius 1 is 1.29 bits per heavy atom. The molecule has 0 bridgehead atoms. The Morgan fingerprint density at radius 3 is 2.95 bits per heavy atom. The summed E-state index contributed by atoms with van der Waals surface area (Å²) >= 11 is 6.13. The number of nitrogens with one attached hydrogen (secondary N) is 1. The molecule has 1 aliphatic rings. The average Bonchev–Trinajstić information content (AvgIpc) is 2.94. The van der Waals surface area contributed by atoms with Crippen LogP contribution in [0.5, 0.6) is 11.5 Å². The predicted octanol–water partition coefficient (Wildman–Crippen LogP) is 2.78. The van der Waals surface area contributed by atoms with E-state index in [1.807, 2.05) is 18.2 Å². The smallest absolute Gasteiger partial charge is 0.248 e. The molecule has 1 heterocycles. The molecule has 0 fully saturated rings. The third kappa shape index (κ3) is 2.87. The molecule has 0 saturated carbocycles. The van der Waals surface area contributed by atoms with Crippen LogP contribution in [0.15, 0.2) is 36.4 Å². The maximum Gasteiger partial charge on any atom is 0.248 e. The maximum absolute atomic E-state index is 11.1. The zero-order valence-electron chi connectivity index (χ0n) is 11.1. The van der Waals surface area contributed by atoms with Crippen LogP contribution in [0.3, 0.4) is 0 Å². The molecule has 5 nitrogen and oxygen atoms in total. The van der Waals surface area contributed by atoms with Gasteiger partial charge in [0, 0.05) is 17.8 Å². The number of carbonyl (C=O) groups is 1. The Kier molecular flexibility index (Phi) is 3.58. The fourth-order valence-corrected chi connectivity index (χ4v) is 2.40. The van der Waals surface area contributed by atoms with Crippen LogP contribution in [0.4, 0.5) is 5.69 Å². The minimum atomic E-state index is -0.454. The van der Waals surface area contributed by atoms with Crippen molar-refractivity contribution in [3.63, 3.8) is 0 Å². The van der Waals surface area contributed by atoms with Crippen molar-refractivity contribution in [2.24, 2.45) is 5.73 Å². The number of nitrogens with two attached hydrogens (primary N) is 1. The summed E-state index contributed by atoms with van der Waals surface area (Å²) in [6.07, 6.45) is 0. The van der Waals surface area contributed by atoms with E-state index >= 15 is 0 Å². The highest BCUT2D eigenvalue weighted by Crippen LogP contribution is 2.39. The largest absolute Gasteiger partial charge is 0.454 e. The lowest BCUT2D eigenvalue weighted by Crippen LogP contribution is -2.11. The molecule has 0 atom stereocenters. The molecule has 0 radical (unpaired) electrons. The van der Waals surface area contributed by atoms with E-state index in [1.54, 1.807) is 18.2 Å². The molecule has 108 valence electrons. The van der Waals surface area contributed by atoms with Gasteiger partial charge >= 0.3 is 0 Å².